The van der Waals surface area contributed by atoms with E-state index in [1.165, 1.54) is 23.4 Å². The second-order valence-corrected chi connectivity index (χ2v) is 12.3. The van der Waals surface area contributed by atoms with E-state index in [1.54, 1.807) is 26.8 Å². The normalized spacial score (nSPS) is 19.9. The molecule has 0 radical (unpaired) electrons. The van der Waals surface area contributed by atoms with Crippen molar-refractivity contribution in [3.63, 3.8) is 0 Å². The van der Waals surface area contributed by atoms with Gasteiger partial charge in [-0.1, -0.05) is 12.1 Å². The summed E-state index contributed by atoms with van der Waals surface area (Å²) in [7, 11) is 0. The fourth-order valence-corrected chi connectivity index (χ4v) is 5.72. The van der Waals surface area contributed by atoms with Crippen LogP contribution in [0.1, 0.15) is 62.0 Å². The minimum atomic E-state index is -4.50. The minimum Gasteiger partial charge on any atom is -0.444 e. The molecule has 0 saturated carbocycles. The van der Waals surface area contributed by atoms with Crippen molar-refractivity contribution < 1.29 is 32.2 Å². The molecule has 0 aliphatic carbocycles. The van der Waals surface area contributed by atoms with Crippen LogP contribution in [-0.2, 0) is 9.47 Å². The molecule has 2 aliphatic heterocycles. The van der Waals surface area contributed by atoms with Crippen LogP contribution in [0.4, 0.5) is 35.0 Å². The van der Waals surface area contributed by atoms with Gasteiger partial charge in [0.25, 0.3) is 5.91 Å². The highest BCUT2D eigenvalue weighted by Gasteiger charge is 2.45. The van der Waals surface area contributed by atoms with Crippen LogP contribution in [0.25, 0.3) is 10.9 Å². The number of hydrogen-bond acceptors (Lipinski definition) is 8. The lowest BCUT2D eigenvalue weighted by molar-refractivity contribution is -0.177. The average molecular weight is 615 g/mol. The van der Waals surface area contributed by atoms with E-state index in [0.29, 0.717) is 30.3 Å². The topological polar surface area (TPSA) is 132 Å². The summed E-state index contributed by atoms with van der Waals surface area (Å²) in [5.74, 6) is -2.01. The summed E-state index contributed by atoms with van der Waals surface area (Å²) in [6.45, 7) is 6.10. The fraction of sp³-hybridized carbons (Fsp3) is 0.484. The number of anilines is 3. The van der Waals surface area contributed by atoms with Crippen LogP contribution < -0.4 is 21.3 Å². The van der Waals surface area contributed by atoms with Gasteiger partial charge < -0.3 is 30.7 Å². The van der Waals surface area contributed by atoms with Crippen LogP contribution in [0, 0.1) is 5.92 Å². The van der Waals surface area contributed by atoms with Crippen molar-refractivity contribution >= 4 is 40.0 Å². The number of nitrogens with two attached hydrogens (primary N) is 1. The highest BCUT2D eigenvalue weighted by Crippen LogP contribution is 2.37. The molecule has 44 heavy (non-hydrogen) atoms. The highest BCUT2D eigenvalue weighted by atomic mass is 19.4. The Balaban J connectivity index is 1.39. The van der Waals surface area contributed by atoms with E-state index in [4.69, 9.17) is 15.2 Å². The molecule has 5 rings (SSSR count). The Bertz CT molecular complexity index is 1520. The molecule has 2 aliphatic rings. The lowest BCUT2D eigenvalue weighted by Gasteiger charge is -2.40. The molecular formula is C31H37F3N6O4. The maximum Gasteiger partial charge on any atom is 0.407 e. The van der Waals surface area contributed by atoms with Crippen LogP contribution >= 0.6 is 0 Å². The van der Waals surface area contributed by atoms with E-state index in [0.717, 1.165) is 23.8 Å². The highest BCUT2D eigenvalue weighted by molar-refractivity contribution is 6.09. The van der Waals surface area contributed by atoms with Crippen LogP contribution in [0.2, 0.25) is 0 Å². The number of ether oxygens (including phenoxy) is 2. The lowest BCUT2D eigenvalue weighted by atomic mass is 9.91. The van der Waals surface area contributed by atoms with Gasteiger partial charge in [0.2, 0.25) is 0 Å². The minimum absolute atomic E-state index is 0.00675. The lowest BCUT2D eigenvalue weighted by Crippen LogP contribution is -2.54. The number of nitrogen functional groups attached to an aromatic ring is 1. The first-order chi connectivity index (χ1) is 20.8. The third kappa shape index (κ3) is 7.50. The first-order valence-corrected chi connectivity index (χ1v) is 14.6. The number of carbonyl (C=O) groups excluding carboxylic acids is 2. The van der Waals surface area contributed by atoms with Gasteiger partial charge in [0.05, 0.1) is 40.7 Å². The number of alkyl halides is 3. The van der Waals surface area contributed by atoms with Crippen LogP contribution in [-0.4, -0.2) is 66.1 Å². The van der Waals surface area contributed by atoms with Crippen molar-refractivity contribution in [1.29, 1.82) is 0 Å². The summed E-state index contributed by atoms with van der Waals surface area (Å²) in [5, 5.41) is 6.11. The monoisotopic (exact) mass is 614 g/mol. The third-order valence-corrected chi connectivity index (χ3v) is 7.80. The van der Waals surface area contributed by atoms with Gasteiger partial charge >= 0.3 is 12.3 Å². The van der Waals surface area contributed by atoms with Gasteiger partial charge in [-0.15, -0.1) is 0 Å². The van der Waals surface area contributed by atoms with Gasteiger partial charge in [-0.25, -0.2) is 9.78 Å². The zero-order valence-corrected chi connectivity index (χ0v) is 24.9. The summed E-state index contributed by atoms with van der Waals surface area (Å²) in [6, 6.07) is 8.28. The fourth-order valence-electron chi connectivity index (χ4n) is 5.72. The molecule has 2 saturated heterocycles. The standard InChI is InChI=1S/C31H37F3N6O4/c1-30(2,3)44-29(42)37-22-14-21(31(32,33)34)16-40(17-22)26-6-9-36-15-25(26)39-28(41)27-23(35)12-20-5-4-19(13-24(20)38-27)18-7-10-43-11-8-18/h4-6,9,12-13,15,18,21-22H,7-8,10-11,14,16-17,35H2,1-3H3,(H,37,42)(H,39,41)/t21-,22+/m1/s1. The molecule has 0 bridgehead atoms. The summed E-state index contributed by atoms with van der Waals surface area (Å²) >= 11 is 0. The number of nitrogens with one attached hydrogen (secondary N) is 2. The first kappa shape index (κ1) is 31.3. The molecule has 4 N–H and O–H groups in total. The molecule has 2 fully saturated rings. The number of rotatable bonds is 5. The number of halogens is 3. The Morgan fingerprint density at radius 3 is 2.55 bits per heavy atom. The molecule has 0 unspecified atom stereocenters. The van der Waals surface area contributed by atoms with E-state index >= 15 is 0 Å². The Morgan fingerprint density at radius 2 is 1.84 bits per heavy atom. The van der Waals surface area contributed by atoms with Gasteiger partial charge in [-0.3, -0.25) is 9.78 Å². The van der Waals surface area contributed by atoms with Crippen molar-refractivity contribution in [1.82, 2.24) is 15.3 Å². The van der Waals surface area contributed by atoms with Crippen LogP contribution in [0.15, 0.2) is 42.7 Å². The number of piperidine rings is 1. The molecule has 1 aromatic carbocycles. The third-order valence-electron chi connectivity index (χ3n) is 7.80. The van der Waals surface area contributed by atoms with Gasteiger partial charge in [0.1, 0.15) is 5.60 Å². The first-order valence-electron chi connectivity index (χ1n) is 14.6. The Hall–Kier alpha value is -4.13. The predicted octanol–water partition coefficient (Wildman–Crippen LogP) is 5.64. The second-order valence-electron chi connectivity index (χ2n) is 12.3. The van der Waals surface area contributed by atoms with Gasteiger partial charge in [-0.05, 0) is 69.7 Å². The molecule has 2 atom stereocenters. The van der Waals surface area contributed by atoms with E-state index in [-0.39, 0.29) is 36.6 Å². The molecular weight excluding hydrogens is 577 g/mol. The molecule has 2 amide bonds. The Kier molecular flexibility index (Phi) is 8.87. The quantitative estimate of drug-likeness (QED) is 0.337. The Labute approximate surface area is 253 Å². The number of nitrogens with zero attached hydrogens (tertiary/aromatic N) is 3. The number of hydrogen-bond donors (Lipinski definition) is 3. The maximum atomic E-state index is 14.0. The number of benzene rings is 1. The van der Waals surface area contributed by atoms with E-state index in [1.807, 2.05) is 18.2 Å². The molecule has 13 heteroatoms. The Morgan fingerprint density at radius 1 is 1.09 bits per heavy atom. The zero-order valence-electron chi connectivity index (χ0n) is 24.9. The van der Waals surface area contributed by atoms with Crippen LogP contribution in [0.5, 0.6) is 0 Å². The number of aromatic nitrogens is 2. The van der Waals surface area contributed by atoms with Gasteiger partial charge in [0.15, 0.2) is 5.69 Å². The van der Waals surface area contributed by atoms with E-state index < -0.39 is 35.7 Å². The largest absolute Gasteiger partial charge is 0.444 e. The van der Waals surface area contributed by atoms with Gasteiger partial charge in [0, 0.05) is 37.9 Å². The van der Waals surface area contributed by atoms with Crippen molar-refractivity contribution in [2.24, 2.45) is 5.92 Å². The van der Waals surface area contributed by atoms with Crippen molar-refractivity contribution in [2.75, 3.05) is 42.3 Å². The zero-order chi connectivity index (χ0) is 31.6. The number of carbonyl (C=O) groups is 2. The number of fused-ring (bicyclic) bond motifs is 1. The number of alkyl carbamates (subject to hydrolysis) is 1. The van der Waals surface area contributed by atoms with Crippen molar-refractivity contribution in [2.45, 2.75) is 63.8 Å². The average Bonchev–Trinajstić information content (AvgIpc) is 2.95. The molecule has 0 spiro atoms. The summed E-state index contributed by atoms with van der Waals surface area (Å²) in [5.41, 5.74) is 7.81. The molecule has 2 aromatic heterocycles. The number of pyridine rings is 2. The van der Waals surface area contributed by atoms with Crippen molar-refractivity contribution in [3.05, 3.63) is 54.0 Å². The molecule has 236 valence electrons. The smallest absolute Gasteiger partial charge is 0.407 e. The maximum absolute atomic E-state index is 14.0. The summed E-state index contributed by atoms with van der Waals surface area (Å²) in [4.78, 5) is 36.0. The summed E-state index contributed by atoms with van der Waals surface area (Å²) in [6.07, 6.45) is -1.02. The SMILES string of the molecule is CC(C)(C)OC(=O)N[C@H]1C[C@@H](C(F)(F)F)CN(c2ccncc2NC(=O)c2nc3cc(C4CCOCC4)ccc3cc2N)C1. The van der Waals surface area contributed by atoms with Crippen molar-refractivity contribution in [3.8, 4) is 0 Å². The summed E-state index contributed by atoms with van der Waals surface area (Å²) < 4.78 is 52.7. The number of amides is 2. The molecule has 3 aromatic rings. The van der Waals surface area contributed by atoms with Crippen LogP contribution in [0.3, 0.4) is 0 Å². The predicted molar refractivity (Wildman–Crippen MR) is 161 cm³/mol. The van der Waals surface area contributed by atoms with E-state index in [2.05, 4.69) is 20.6 Å². The van der Waals surface area contributed by atoms with Gasteiger partial charge in [-0.2, -0.15) is 13.2 Å². The second kappa shape index (κ2) is 12.5. The molecule has 4 heterocycles. The van der Waals surface area contributed by atoms with E-state index in [9.17, 15) is 22.8 Å². The molecule has 10 nitrogen and oxygen atoms in total.